The van der Waals surface area contributed by atoms with Gasteiger partial charge in [-0.1, -0.05) is 36.4 Å². The Morgan fingerprint density at radius 2 is 1.86 bits per heavy atom. The van der Waals surface area contributed by atoms with E-state index in [4.69, 9.17) is 10.5 Å². The highest BCUT2D eigenvalue weighted by molar-refractivity contribution is 5.85. The van der Waals surface area contributed by atoms with Gasteiger partial charge in [-0.15, -0.1) is 12.4 Å². The van der Waals surface area contributed by atoms with Crippen LogP contribution in [0.15, 0.2) is 48.5 Å². The highest BCUT2D eigenvalue weighted by Crippen LogP contribution is 2.42. The number of ether oxygens (including phenoxy) is 1. The smallest absolute Gasteiger partial charge is 0.124 e. The maximum atomic E-state index is 10.1. The van der Waals surface area contributed by atoms with Gasteiger partial charge in [-0.05, 0) is 30.4 Å². The molecule has 0 aliphatic heterocycles. The molecule has 0 aromatic heterocycles. The van der Waals surface area contributed by atoms with E-state index in [1.807, 2.05) is 42.5 Å². The average molecular weight is 306 g/mol. The minimum atomic E-state index is -0.0572. The van der Waals surface area contributed by atoms with Crippen molar-refractivity contribution in [3.8, 4) is 11.5 Å². The van der Waals surface area contributed by atoms with Crippen LogP contribution in [0.25, 0.3) is 0 Å². The molecule has 1 saturated carbocycles. The van der Waals surface area contributed by atoms with Crippen LogP contribution in [0, 0.1) is 5.92 Å². The van der Waals surface area contributed by atoms with Crippen molar-refractivity contribution in [1.29, 1.82) is 0 Å². The van der Waals surface area contributed by atoms with Crippen molar-refractivity contribution in [2.45, 2.75) is 25.5 Å². The van der Waals surface area contributed by atoms with Crippen LogP contribution in [-0.4, -0.2) is 5.11 Å². The van der Waals surface area contributed by atoms with Crippen molar-refractivity contribution in [2.75, 3.05) is 0 Å². The van der Waals surface area contributed by atoms with Crippen LogP contribution in [-0.2, 0) is 6.61 Å². The lowest BCUT2D eigenvalue weighted by Crippen LogP contribution is -2.12. The van der Waals surface area contributed by atoms with Gasteiger partial charge in [-0.2, -0.15) is 0 Å². The van der Waals surface area contributed by atoms with Gasteiger partial charge in [0.2, 0.25) is 0 Å². The Balaban J connectivity index is 0.00000161. The van der Waals surface area contributed by atoms with Crippen molar-refractivity contribution < 1.29 is 9.84 Å². The number of hydrogen-bond acceptors (Lipinski definition) is 3. The molecule has 3 nitrogen and oxygen atoms in total. The molecule has 0 unspecified atom stereocenters. The predicted molar refractivity (Wildman–Crippen MR) is 85.8 cm³/mol. The molecule has 1 aliphatic carbocycles. The fourth-order valence-electron chi connectivity index (χ4n) is 2.35. The lowest BCUT2D eigenvalue weighted by molar-refractivity contribution is 0.304. The summed E-state index contributed by atoms with van der Waals surface area (Å²) in [5.41, 5.74) is 8.04. The number of nitrogens with two attached hydrogens (primary N) is 1. The fourth-order valence-corrected chi connectivity index (χ4v) is 2.35. The van der Waals surface area contributed by atoms with Crippen molar-refractivity contribution in [3.63, 3.8) is 0 Å². The zero-order valence-electron chi connectivity index (χ0n) is 11.7. The lowest BCUT2D eigenvalue weighted by Gasteiger charge is -2.14. The van der Waals surface area contributed by atoms with Gasteiger partial charge in [0.25, 0.3) is 0 Å². The molecule has 0 radical (unpaired) electrons. The normalized spacial score (nSPS) is 15.1. The summed E-state index contributed by atoms with van der Waals surface area (Å²) in [5.74, 6) is 1.42. The highest BCUT2D eigenvalue weighted by atomic mass is 35.5. The number of aromatic hydroxyl groups is 1. The molecule has 4 heteroatoms. The standard InChI is InChI=1S/C17H19NO2.ClH/c18-17(13-6-7-13)15-9-8-14(10-16(15)19)20-11-12-4-2-1-3-5-12;/h1-5,8-10,13,17,19H,6-7,11,18H2;1H/t17-;/m1./s1. The molecule has 1 fully saturated rings. The molecule has 0 bridgehead atoms. The Morgan fingerprint density at radius 1 is 1.14 bits per heavy atom. The topological polar surface area (TPSA) is 55.5 Å². The molecule has 1 aliphatic rings. The van der Waals surface area contributed by atoms with Gasteiger partial charge >= 0.3 is 0 Å². The first-order valence-corrected chi connectivity index (χ1v) is 6.99. The van der Waals surface area contributed by atoms with Crippen LogP contribution in [0.1, 0.15) is 30.0 Å². The summed E-state index contributed by atoms with van der Waals surface area (Å²) in [6.07, 6.45) is 2.32. The molecule has 0 heterocycles. The molecule has 3 rings (SSSR count). The molecule has 21 heavy (non-hydrogen) atoms. The SMILES string of the molecule is Cl.N[C@@H](c1ccc(OCc2ccccc2)cc1O)C1CC1. The molecule has 0 amide bonds. The summed E-state index contributed by atoms with van der Waals surface area (Å²) >= 11 is 0. The average Bonchev–Trinajstić information content (AvgIpc) is 3.30. The lowest BCUT2D eigenvalue weighted by atomic mass is 10.0. The molecule has 0 spiro atoms. The van der Waals surface area contributed by atoms with Gasteiger partial charge in [0, 0.05) is 17.7 Å². The van der Waals surface area contributed by atoms with Crippen LogP contribution in [0.2, 0.25) is 0 Å². The summed E-state index contributed by atoms with van der Waals surface area (Å²) in [7, 11) is 0. The second-order valence-electron chi connectivity index (χ2n) is 5.36. The van der Waals surface area contributed by atoms with Crippen LogP contribution in [0.4, 0.5) is 0 Å². The number of hydrogen-bond donors (Lipinski definition) is 2. The molecular weight excluding hydrogens is 286 g/mol. The zero-order chi connectivity index (χ0) is 13.9. The quantitative estimate of drug-likeness (QED) is 0.883. The Kier molecular flexibility index (Phi) is 5.10. The largest absolute Gasteiger partial charge is 0.507 e. The summed E-state index contributed by atoms with van der Waals surface area (Å²) in [4.78, 5) is 0. The monoisotopic (exact) mass is 305 g/mol. The Labute approximate surface area is 131 Å². The maximum absolute atomic E-state index is 10.1. The van der Waals surface area contributed by atoms with Crippen molar-refractivity contribution in [3.05, 3.63) is 59.7 Å². The third kappa shape index (κ3) is 3.90. The Hall–Kier alpha value is -1.71. The summed E-state index contributed by atoms with van der Waals surface area (Å²) < 4.78 is 5.68. The molecule has 2 aromatic rings. The van der Waals surface area contributed by atoms with Crippen LogP contribution in [0.3, 0.4) is 0 Å². The summed E-state index contributed by atoms with van der Waals surface area (Å²) in [5, 5.41) is 10.1. The van der Waals surface area contributed by atoms with Gasteiger partial charge in [-0.3, -0.25) is 0 Å². The zero-order valence-corrected chi connectivity index (χ0v) is 12.6. The third-order valence-corrected chi connectivity index (χ3v) is 3.74. The Bertz CT molecular complexity index is 585. The van der Waals surface area contributed by atoms with Crippen molar-refractivity contribution >= 4 is 12.4 Å². The van der Waals surface area contributed by atoms with E-state index in [0.717, 1.165) is 24.0 Å². The van der Waals surface area contributed by atoms with Crippen LogP contribution in [0.5, 0.6) is 11.5 Å². The number of halogens is 1. The van der Waals surface area contributed by atoms with Gasteiger partial charge in [-0.25, -0.2) is 0 Å². The number of phenolic OH excluding ortho intramolecular Hbond substituents is 1. The summed E-state index contributed by atoms with van der Waals surface area (Å²) in [6.45, 7) is 0.494. The van der Waals surface area contributed by atoms with E-state index in [2.05, 4.69) is 0 Å². The van der Waals surface area contributed by atoms with E-state index >= 15 is 0 Å². The third-order valence-electron chi connectivity index (χ3n) is 3.74. The molecule has 112 valence electrons. The van der Waals surface area contributed by atoms with E-state index in [1.165, 1.54) is 0 Å². The van der Waals surface area contributed by atoms with Crippen molar-refractivity contribution in [1.82, 2.24) is 0 Å². The summed E-state index contributed by atoms with van der Waals surface area (Å²) in [6, 6.07) is 15.3. The van der Waals surface area contributed by atoms with Crippen LogP contribution < -0.4 is 10.5 Å². The van der Waals surface area contributed by atoms with Gasteiger partial charge in [0.15, 0.2) is 0 Å². The minimum absolute atomic E-state index is 0. The predicted octanol–water partition coefficient (Wildman–Crippen LogP) is 3.80. The first-order valence-electron chi connectivity index (χ1n) is 6.99. The second-order valence-corrected chi connectivity index (χ2v) is 5.36. The van der Waals surface area contributed by atoms with Crippen molar-refractivity contribution in [2.24, 2.45) is 11.7 Å². The minimum Gasteiger partial charge on any atom is -0.507 e. The van der Waals surface area contributed by atoms with E-state index in [9.17, 15) is 5.11 Å². The van der Waals surface area contributed by atoms with E-state index in [-0.39, 0.29) is 24.2 Å². The van der Waals surface area contributed by atoms with Gasteiger partial charge in [0.1, 0.15) is 18.1 Å². The molecule has 3 N–H and O–H groups in total. The highest BCUT2D eigenvalue weighted by Gasteiger charge is 2.30. The van der Waals surface area contributed by atoms with E-state index < -0.39 is 0 Å². The Morgan fingerprint density at radius 3 is 2.48 bits per heavy atom. The molecule has 0 saturated heterocycles. The number of benzene rings is 2. The number of phenols is 1. The van der Waals surface area contributed by atoms with Gasteiger partial charge in [0.05, 0.1) is 0 Å². The fraction of sp³-hybridized carbons (Fsp3) is 0.294. The molecule has 2 aromatic carbocycles. The first-order chi connectivity index (χ1) is 9.74. The van der Waals surface area contributed by atoms with E-state index in [0.29, 0.717) is 18.3 Å². The first kappa shape index (κ1) is 15.7. The maximum Gasteiger partial charge on any atom is 0.124 e. The second kappa shape index (κ2) is 6.83. The van der Waals surface area contributed by atoms with E-state index in [1.54, 1.807) is 6.07 Å². The van der Waals surface area contributed by atoms with Gasteiger partial charge < -0.3 is 15.6 Å². The number of rotatable bonds is 5. The molecular formula is C17H20ClNO2. The van der Waals surface area contributed by atoms with Crippen LogP contribution >= 0.6 is 12.4 Å². The molecule has 1 atom stereocenters.